The molecule has 1 fully saturated rings. The van der Waals surface area contributed by atoms with Gasteiger partial charge in [-0.1, -0.05) is 13.0 Å². The fraction of sp³-hybridized carbons (Fsp3) is 0.450. The van der Waals surface area contributed by atoms with Gasteiger partial charge in [0.25, 0.3) is 0 Å². The highest BCUT2D eigenvalue weighted by Gasteiger charge is 2.20. The number of anilines is 1. The molecule has 1 aliphatic heterocycles. The van der Waals surface area contributed by atoms with Crippen LogP contribution in [-0.2, 0) is 0 Å². The molecule has 1 unspecified atom stereocenters. The van der Waals surface area contributed by atoms with Gasteiger partial charge >= 0.3 is 0 Å². The average molecular weight is 375 g/mol. The molecular formula is C20H27FN4S. The van der Waals surface area contributed by atoms with Gasteiger partial charge in [-0.3, -0.25) is 4.99 Å². The number of halogens is 1. The Labute approximate surface area is 159 Å². The molecule has 1 aromatic carbocycles. The van der Waals surface area contributed by atoms with E-state index in [1.54, 1.807) is 23.5 Å². The molecule has 4 nitrogen and oxygen atoms in total. The summed E-state index contributed by atoms with van der Waals surface area (Å²) in [5.74, 6) is 1.14. The van der Waals surface area contributed by atoms with Crippen molar-refractivity contribution in [3.8, 4) is 0 Å². The summed E-state index contributed by atoms with van der Waals surface area (Å²) in [6.45, 7) is 4.92. The predicted molar refractivity (Wildman–Crippen MR) is 109 cm³/mol. The van der Waals surface area contributed by atoms with Crippen LogP contribution in [0.4, 0.5) is 10.1 Å². The summed E-state index contributed by atoms with van der Waals surface area (Å²) in [6.07, 6.45) is 2.02. The van der Waals surface area contributed by atoms with Crippen LogP contribution in [0.1, 0.15) is 31.2 Å². The SMILES string of the molecule is CN=C(NCC(C)c1ccsc1)NC1CCN(c2cccc(F)c2)CC1. The topological polar surface area (TPSA) is 39.7 Å². The van der Waals surface area contributed by atoms with Crippen LogP contribution in [0.5, 0.6) is 0 Å². The van der Waals surface area contributed by atoms with E-state index in [4.69, 9.17) is 0 Å². The molecule has 1 saturated heterocycles. The van der Waals surface area contributed by atoms with Crippen molar-refractivity contribution >= 4 is 23.0 Å². The first-order valence-corrected chi connectivity index (χ1v) is 10.1. The number of benzene rings is 1. The first kappa shape index (κ1) is 18.7. The molecule has 0 aliphatic carbocycles. The molecule has 3 rings (SSSR count). The van der Waals surface area contributed by atoms with Gasteiger partial charge in [-0.2, -0.15) is 11.3 Å². The van der Waals surface area contributed by atoms with Crippen LogP contribution in [0.2, 0.25) is 0 Å². The molecule has 1 atom stereocenters. The number of hydrogen-bond acceptors (Lipinski definition) is 3. The molecule has 2 N–H and O–H groups in total. The molecule has 26 heavy (non-hydrogen) atoms. The van der Waals surface area contributed by atoms with Crippen molar-refractivity contribution in [2.75, 3.05) is 31.6 Å². The maximum absolute atomic E-state index is 13.4. The predicted octanol–water partition coefficient (Wildman–Crippen LogP) is 3.82. The van der Waals surface area contributed by atoms with Gasteiger partial charge in [0.15, 0.2) is 5.96 Å². The third kappa shape index (κ3) is 4.97. The Hall–Kier alpha value is -2.08. The molecule has 6 heteroatoms. The van der Waals surface area contributed by atoms with Crippen LogP contribution < -0.4 is 15.5 Å². The standard InChI is InChI=1S/C20H27FN4S/c1-15(16-8-11-26-14-16)13-23-20(22-2)24-18-6-9-25(10-7-18)19-5-3-4-17(21)12-19/h3-5,8,11-12,14-15,18H,6-7,9-10,13H2,1-2H3,(H2,22,23,24). The molecule has 2 aromatic rings. The van der Waals surface area contributed by atoms with Crippen molar-refractivity contribution in [1.82, 2.24) is 10.6 Å². The summed E-state index contributed by atoms with van der Waals surface area (Å²) < 4.78 is 13.4. The fourth-order valence-corrected chi connectivity index (χ4v) is 4.05. The van der Waals surface area contributed by atoms with Crippen LogP contribution in [0.25, 0.3) is 0 Å². The van der Waals surface area contributed by atoms with E-state index in [-0.39, 0.29) is 5.82 Å². The van der Waals surface area contributed by atoms with E-state index in [0.717, 1.165) is 44.1 Å². The zero-order valence-electron chi connectivity index (χ0n) is 15.4. The summed E-state index contributed by atoms with van der Waals surface area (Å²) in [5, 5.41) is 11.3. The van der Waals surface area contributed by atoms with Crippen molar-refractivity contribution < 1.29 is 4.39 Å². The van der Waals surface area contributed by atoms with E-state index in [1.165, 1.54) is 11.6 Å². The number of guanidine groups is 1. The lowest BCUT2D eigenvalue weighted by Gasteiger charge is -2.34. The van der Waals surface area contributed by atoms with Crippen LogP contribution >= 0.6 is 11.3 Å². The number of aliphatic imine (C=N–C) groups is 1. The fourth-order valence-electron chi connectivity index (χ4n) is 3.27. The minimum Gasteiger partial charge on any atom is -0.371 e. The average Bonchev–Trinajstić information content (AvgIpc) is 3.20. The number of nitrogens with zero attached hydrogens (tertiary/aromatic N) is 2. The van der Waals surface area contributed by atoms with Gasteiger partial charge in [0.2, 0.25) is 0 Å². The summed E-state index contributed by atoms with van der Waals surface area (Å²) in [7, 11) is 1.81. The van der Waals surface area contributed by atoms with Crippen molar-refractivity contribution in [2.45, 2.75) is 31.7 Å². The molecule has 0 saturated carbocycles. The Morgan fingerprint density at radius 1 is 1.35 bits per heavy atom. The molecule has 140 valence electrons. The largest absolute Gasteiger partial charge is 0.371 e. The van der Waals surface area contributed by atoms with Crippen LogP contribution in [-0.4, -0.2) is 38.7 Å². The zero-order valence-corrected chi connectivity index (χ0v) is 16.2. The van der Waals surface area contributed by atoms with Gasteiger partial charge in [0.1, 0.15) is 5.82 Å². The van der Waals surface area contributed by atoms with E-state index in [9.17, 15) is 4.39 Å². The molecule has 0 bridgehead atoms. The van der Waals surface area contributed by atoms with Gasteiger partial charge in [0, 0.05) is 38.4 Å². The Balaban J connectivity index is 1.45. The lowest BCUT2D eigenvalue weighted by molar-refractivity contribution is 0.460. The normalized spacial score (nSPS) is 17.2. The summed E-state index contributed by atoms with van der Waals surface area (Å²) in [5.41, 5.74) is 2.33. The van der Waals surface area contributed by atoms with Gasteiger partial charge < -0.3 is 15.5 Å². The van der Waals surface area contributed by atoms with Crippen LogP contribution in [0, 0.1) is 5.82 Å². The van der Waals surface area contributed by atoms with E-state index in [2.05, 4.69) is 44.3 Å². The molecule has 0 amide bonds. The van der Waals surface area contributed by atoms with Gasteiger partial charge in [-0.25, -0.2) is 4.39 Å². The Morgan fingerprint density at radius 3 is 2.81 bits per heavy atom. The van der Waals surface area contributed by atoms with Gasteiger partial charge in [-0.05, 0) is 59.3 Å². The third-order valence-corrected chi connectivity index (χ3v) is 5.62. The lowest BCUT2D eigenvalue weighted by Crippen LogP contribution is -2.49. The maximum atomic E-state index is 13.4. The third-order valence-electron chi connectivity index (χ3n) is 4.92. The van der Waals surface area contributed by atoms with Crippen molar-refractivity contribution in [3.05, 3.63) is 52.5 Å². The minimum atomic E-state index is -0.174. The summed E-state index contributed by atoms with van der Waals surface area (Å²) >= 11 is 1.73. The van der Waals surface area contributed by atoms with E-state index >= 15 is 0 Å². The zero-order chi connectivity index (χ0) is 18.4. The second-order valence-corrected chi connectivity index (χ2v) is 7.58. The Kier molecular flexibility index (Phi) is 6.50. The van der Waals surface area contributed by atoms with Crippen molar-refractivity contribution in [3.63, 3.8) is 0 Å². The molecule has 1 aromatic heterocycles. The van der Waals surface area contributed by atoms with Gasteiger partial charge in [0.05, 0.1) is 0 Å². The highest BCUT2D eigenvalue weighted by Crippen LogP contribution is 2.21. The monoisotopic (exact) mass is 374 g/mol. The second-order valence-electron chi connectivity index (χ2n) is 6.80. The Morgan fingerprint density at radius 2 is 2.15 bits per heavy atom. The molecule has 2 heterocycles. The molecule has 1 aliphatic rings. The lowest BCUT2D eigenvalue weighted by atomic mass is 10.0. The first-order chi connectivity index (χ1) is 12.7. The maximum Gasteiger partial charge on any atom is 0.191 e. The number of nitrogens with one attached hydrogen (secondary N) is 2. The van der Waals surface area contributed by atoms with E-state index in [0.29, 0.717) is 12.0 Å². The van der Waals surface area contributed by atoms with Crippen LogP contribution in [0.15, 0.2) is 46.1 Å². The van der Waals surface area contributed by atoms with E-state index in [1.807, 2.05) is 13.1 Å². The van der Waals surface area contributed by atoms with Crippen molar-refractivity contribution in [2.24, 2.45) is 4.99 Å². The smallest absolute Gasteiger partial charge is 0.191 e. The summed E-state index contributed by atoms with van der Waals surface area (Å²) in [6, 6.07) is 9.42. The Bertz CT molecular complexity index is 708. The number of hydrogen-bond donors (Lipinski definition) is 2. The number of thiophene rings is 1. The number of rotatable bonds is 5. The molecule has 0 spiro atoms. The van der Waals surface area contributed by atoms with Crippen molar-refractivity contribution in [1.29, 1.82) is 0 Å². The summed E-state index contributed by atoms with van der Waals surface area (Å²) in [4.78, 5) is 6.60. The molecule has 0 radical (unpaired) electrons. The van der Waals surface area contributed by atoms with Gasteiger partial charge in [-0.15, -0.1) is 0 Å². The second kappa shape index (κ2) is 9.03. The highest BCUT2D eigenvalue weighted by molar-refractivity contribution is 7.07. The van der Waals surface area contributed by atoms with E-state index < -0.39 is 0 Å². The quantitative estimate of drug-likeness (QED) is 0.617. The van der Waals surface area contributed by atoms with Crippen LogP contribution in [0.3, 0.4) is 0 Å². The molecular weight excluding hydrogens is 347 g/mol. The minimum absolute atomic E-state index is 0.174. The highest BCUT2D eigenvalue weighted by atomic mass is 32.1. The number of piperidine rings is 1. The first-order valence-electron chi connectivity index (χ1n) is 9.15.